The number of hydrogen-bond acceptors (Lipinski definition) is 4. The highest BCUT2D eigenvalue weighted by Gasteiger charge is 2.34. The molecule has 5 heteroatoms. The number of benzene rings is 1. The van der Waals surface area contributed by atoms with E-state index in [1.807, 2.05) is 0 Å². The zero-order valence-corrected chi connectivity index (χ0v) is 14.1. The Balaban J connectivity index is 1.41. The second-order valence-electron chi connectivity index (χ2n) is 7.42. The Morgan fingerprint density at radius 3 is 2.48 bits per heavy atom. The average molecular weight is 322 g/mol. The summed E-state index contributed by atoms with van der Waals surface area (Å²) in [5.74, 6) is 0.0864. The van der Waals surface area contributed by atoms with Gasteiger partial charge in [0.1, 0.15) is 6.10 Å². The van der Waals surface area contributed by atoms with E-state index in [2.05, 4.69) is 23.6 Å². The van der Waals surface area contributed by atoms with Crippen molar-refractivity contribution in [3.05, 3.63) is 30.1 Å². The van der Waals surface area contributed by atoms with E-state index in [1.165, 1.54) is 6.07 Å². The standard InChI is InChI=1S/C18H27FN2O2/c1-18(2,13-20-7-9-22-10-8-20)14-21-11-15(12-21)23-17-6-4-3-5-16(17)19/h3-6,15H,7-14H2,1-2H3. The van der Waals surface area contributed by atoms with Gasteiger partial charge in [-0.05, 0) is 17.5 Å². The van der Waals surface area contributed by atoms with Crippen LogP contribution < -0.4 is 4.74 Å². The Hall–Kier alpha value is -1.17. The molecule has 2 saturated heterocycles. The summed E-state index contributed by atoms with van der Waals surface area (Å²) < 4.78 is 24.7. The molecule has 0 unspecified atom stereocenters. The highest BCUT2D eigenvalue weighted by Crippen LogP contribution is 2.25. The normalized spacial score (nSPS) is 21.2. The summed E-state index contributed by atoms with van der Waals surface area (Å²) in [4.78, 5) is 4.88. The Morgan fingerprint density at radius 2 is 1.78 bits per heavy atom. The molecule has 128 valence electrons. The molecule has 0 amide bonds. The molecule has 0 aromatic heterocycles. The lowest BCUT2D eigenvalue weighted by molar-refractivity contribution is -0.0216. The number of ether oxygens (including phenoxy) is 2. The molecule has 4 nitrogen and oxygen atoms in total. The number of halogens is 1. The van der Waals surface area contributed by atoms with Gasteiger partial charge in [0.2, 0.25) is 0 Å². The van der Waals surface area contributed by atoms with E-state index in [1.54, 1.807) is 18.2 Å². The zero-order chi connectivity index (χ0) is 16.3. The van der Waals surface area contributed by atoms with Crippen LogP contribution in [0.5, 0.6) is 5.75 Å². The second kappa shape index (κ2) is 7.16. The molecule has 0 radical (unpaired) electrons. The van der Waals surface area contributed by atoms with Gasteiger partial charge in [-0.3, -0.25) is 9.80 Å². The summed E-state index contributed by atoms with van der Waals surface area (Å²) in [6, 6.07) is 6.63. The van der Waals surface area contributed by atoms with Gasteiger partial charge < -0.3 is 9.47 Å². The first-order valence-electron chi connectivity index (χ1n) is 8.45. The first kappa shape index (κ1) is 16.7. The topological polar surface area (TPSA) is 24.9 Å². The van der Waals surface area contributed by atoms with E-state index in [0.717, 1.165) is 52.5 Å². The lowest BCUT2D eigenvalue weighted by Gasteiger charge is -2.44. The summed E-state index contributed by atoms with van der Waals surface area (Å²) in [6.07, 6.45) is 0.103. The summed E-state index contributed by atoms with van der Waals surface area (Å²) in [6.45, 7) is 12.3. The maximum atomic E-state index is 13.6. The van der Waals surface area contributed by atoms with Crippen molar-refractivity contribution in [1.29, 1.82) is 0 Å². The van der Waals surface area contributed by atoms with Gasteiger partial charge in [0.25, 0.3) is 0 Å². The molecule has 3 rings (SSSR count). The van der Waals surface area contributed by atoms with Gasteiger partial charge in [0.15, 0.2) is 11.6 Å². The lowest BCUT2D eigenvalue weighted by atomic mass is 9.90. The minimum Gasteiger partial charge on any atom is -0.485 e. The van der Waals surface area contributed by atoms with Gasteiger partial charge >= 0.3 is 0 Å². The van der Waals surface area contributed by atoms with Gasteiger partial charge in [-0.25, -0.2) is 4.39 Å². The monoisotopic (exact) mass is 322 g/mol. The third-order valence-electron chi connectivity index (χ3n) is 4.46. The molecule has 23 heavy (non-hydrogen) atoms. The van der Waals surface area contributed by atoms with Gasteiger partial charge in [-0.15, -0.1) is 0 Å². The van der Waals surface area contributed by atoms with Gasteiger partial charge in [0.05, 0.1) is 13.2 Å². The van der Waals surface area contributed by atoms with Crippen molar-refractivity contribution in [1.82, 2.24) is 9.80 Å². The van der Waals surface area contributed by atoms with E-state index < -0.39 is 0 Å². The minimum absolute atomic E-state index is 0.103. The smallest absolute Gasteiger partial charge is 0.165 e. The van der Waals surface area contributed by atoms with Crippen molar-refractivity contribution < 1.29 is 13.9 Å². The first-order valence-corrected chi connectivity index (χ1v) is 8.45. The quantitative estimate of drug-likeness (QED) is 0.802. The maximum Gasteiger partial charge on any atom is 0.165 e. The van der Waals surface area contributed by atoms with Crippen molar-refractivity contribution in [2.75, 3.05) is 52.5 Å². The van der Waals surface area contributed by atoms with E-state index in [-0.39, 0.29) is 17.3 Å². The number of rotatable bonds is 6. The van der Waals surface area contributed by atoms with Crippen LogP contribution in [0.3, 0.4) is 0 Å². The average Bonchev–Trinajstić information content (AvgIpc) is 2.47. The largest absolute Gasteiger partial charge is 0.485 e. The summed E-state index contributed by atoms with van der Waals surface area (Å²) in [5.41, 5.74) is 0.236. The third kappa shape index (κ3) is 4.66. The third-order valence-corrected chi connectivity index (χ3v) is 4.46. The summed E-state index contributed by atoms with van der Waals surface area (Å²) in [7, 11) is 0. The second-order valence-corrected chi connectivity index (χ2v) is 7.42. The molecule has 2 aliphatic heterocycles. The Kier molecular flexibility index (Phi) is 5.19. The van der Waals surface area contributed by atoms with Gasteiger partial charge in [-0.2, -0.15) is 0 Å². The Morgan fingerprint density at radius 1 is 1.13 bits per heavy atom. The predicted molar refractivity (Wildman–Crippen MR) is 88.3 cm³/mol. The lowest BCUT2D eigenvalue weighted by Crippen LogP contribution is -2.57. The molecule has 0 atom stereocenters. The molecule has 1 aromatic carbocycles. The van der Waals surface area contributed by atoms with Crippen LogP contribution >= 0.6 is 0 Å². The maximum absolute atomic E-state index is 13.6. The molecule has 0 spiro atoms. The molecule has 2 aliphatic rings. The highest BCUT2D eigenvalue weighted by molar-refractivity contribution is 5.24. The van der Waals surface area contributed by atoms with E-state index in [0.29, 0.717) is 5.75 Å². The number of para-hydroxylation sites is 1. The van der Waals surface area contributed by atoms with Crippen LogP contribution in [0.2, 0.25) is 0 Å². The molecular weight excluding hydrogens is 295 g/mol. The summed E-state index contributed by atoms with van der Waals surface area (Å²) >= 11 is 0. The fourth-order valence-corrected chi connectivity index (χ4v) is 3.47. The molecule has 1 aromatic rings. The van der Waals surface area contributed by atoms with Crippen molar-refractivity contribution in [2.45, 2.75) is 20.0 Å². The Bertz CT molecular complexity index is 511. The van der Waals surface area contributed by atoms with Crippen molar-refractivity contribution in [3.8, 4) is 5.75 Å². The molecule has 0 saturated carbocycles. The minimum atomic E-state index is -0.279. The molecule has 0 bridgehead atoms. The van der Waals surface area contributed by atoms with Crippen molar-refractivity contribution in [2.24, 2.45) is 5.41 Å². The van der Waals surface area contributed by atoms with Crippen LogP contribution in [-0.2, 0) is 4.74 Å². The first-order chi connectivity index (χ1) is 11.0. The number of nitrogens with zero attached hydrogens (tertiary/aromatic N) is 2. The highest BCUT2D eigenvalue weighted by atomic mass is 19.1. The van der Waals surface area contributed by atoms with Gasteiger partial charge in [-0.1, -0.05) is 26.0 Å². The number of likely N-dealkylation sites (tertiary alicyclic amines) is 1. The SMILES string of the molecule is CC(C)(CN1CCOCC1)CN1CC(Oc2ccccc2F)C1. The zero-order valence-electron chi connectivity index (χ0n) is 14.1. The van der Waals surface area contributed by atoms with E-state index in [4.69, 9.17) is 9.47 Å². The molecule has 2 fully saturated rings. The van der Waals surface area contributed by atoms with Crippen LogP contribution in [0.25, 0.3) is 0 Å². The molecule has 0 aliphatic carbocycles. The van der Waals surface area contributed by atoms with Crippen molar-refractivity contribution in [3.63, 3.8) is 0 Å². The van der Waals surface area contributed by atoms with Crippen LogP contribution in [0, 0.1) is 11.2 Å². The number of morpholine rings is 1. The van der Waals surface area contributed by atoms with Crippen molar-refractivity contribution >= 4 is 0 Å². The van der Waals surface area contributed by atoms with E-state index in [9.17, 15) is 4.39 Å². The predicted octanol–water partition coefficient (Wildman–Crippen LogP) is 2.25. The van der Waals surface area contributed by atoms with Crippen LogP contribution in [0.4, 0.5) is 4.39 Å². The van der Waals surface area contributed by atoms with Gasteiger partial charge in [0, 0.05) is 39.3 Å². The molecule has 2 heterocycles. The summed E-state index contributed by atoms with van der Waals surface area (Å²) in [5, 5.41) is 0. The molecular formula is C18H27FN2O2. The van der Waals surface area contributed by atoms with Crippen LogP contribution in [0.15, 0.2) is 24.3 Å². The fraction of sp³-hybridized carbons (Fsp3) is 0.667. The fourth-order valence-electron chi connectivity index (χ4n) is 3.47. The van der Waals surface area contributed by atoms with E-state index >= 15 is 0 Å². The Labute approximate surface area is 138 Å². The van der Waals surface area contributed by atoms with Crippen LogP contribution in [-0.4, -0.2) is 68.4 Å². The number of hydrogen-bond donors (Lipinski definition) is 0. The molecule has 0 N–H and O–H groups in total. The van der Waals surface area contributed by atoms with Crippen LogP contribution in [0.1, 0.15) is 13.8 Å².